The molecule has 25 heavy (non-hydrogen) atoms. The van der Waals surface area contributed by atoms with Gasteiger partial charge < -0.3 is 10.2 Å². The smallest absolute Gasteiger partial charge is 0.265 e. The van der Waals surface area contributed by atoms with Gasteiger partial charge in [0.05, 0.1) is 6.54 Å². The number of likely N-dealkylation sites (N-methyl/N-ethyl adjacent to an activating group) is 1. The van der Waals surface area contributed by atoms with E-state index in [1.54, 1.807) is 19.2 Å². The first-order chi connectivity index (χ1) is 12.0. The molecule has 0 aliphatic carbocycles. The summed E-state index contributed by atoms with van der Waals surface area (Å²) in [6.45, 7) is -0.0172. The second kappa shape index (κ2) is 7.31. The minimum atomic E-state index is -2.83. The van der Waals surface area contributed by atoms with Crippen molar-refractivity contribution in [2.24, 2.45) is 0 Å². The van der Waals surface area contributed by atoms with Crippen molar-refractivity contribution < 1.29 is 13.6 Å². The van der Waals surface area contributed by atoms with E-state index in [2.05, 4.69) is 5.32 Å². The van der Waals surface area contributed by atoms with Crippen LogP contribution in [-0.2, 0) is 0 Å². The molecule has 1 unspecified atom stereocenters. The molecule has 1 heterocycles. The number of halogens is 2. The first-order valence-corrected chi connectivity index (χ1v) is 8.50. The molecule has 0 radical (unpaired) electrons. The van der Waals surface area contributed by atoms with E-state index in [-0.39, 0.29) is 18.4 Å². The van der Waals surface area contributed by atoms with Crippen molar-refractivity contribution in [2.75, 3.05) is 20.1 Å². The van der Waals surface area contributed by atoms with Crippen LogP contribution in [-0.4, -0.2) is 42.9 Å². The van der Waals surface area contributed by atoms with E-state index in [1.807, 2.05) is 42.5 Å². The predicted molar refractivity (Wildman–Crippen MR) is 94.8 cm³/mol. The average Bonchev–Trinajstić information content (AvgIpc) is 2.63. The molecule has 0 aromatic heterocycles. The number of benzene rings is 2. The molecule has 3 nitrogen and oxygen atoms in total. The number of rotatable bonds is 4. The zero-order chi connectivity index (χ0) is 17.9. The van der Waals surface area contributed by atoms with Crippen LogP contribution in [0, 0.1) is 0 Å². The molecule has 1 amide bonds. The number of nitrogens with zero attached hydrogens (tertiary/aromatic N) is 1. The Morgan fingerprint density at radius 3 is 2.56 bits per heavy atom. The maximum absolute atomic E-state index is 14.0. The number of carbonyl (C=O) groups is 1. The van der Waals surface area contributed by atoms with Crippen molar-refractivity contribution in [1.82, 2.24) is 10.2 Å². The van der Waals surface area contributed by atoms with Crippen LogP contribution in [0.2, 0.25) is 0 Å². The fourth-order valence-electron chi connectivity index (χ4n) is 3.37. The quantitative estimate of drug-likeness (QED) is 0.915. The Hall–Kier alpha value is -2.27. The Labute approximate surface area is 146 Å². The molecule has 5 heteroatoms. The lowest BCUT2D eigenvalue weighted by molar-refractivity contribution is -0.0714. The van der Waals surface area contributed by atoms with E-state index >= 15 is 0 Å². The first kappa shape index (κ1) is 17.5. The Bertz CT molecular complexity index is 733. The number of likely N-dealkylation sites (tertiary alicyclic amines) is 1. The topological polar surface area (TPSA) is 32.3 Å². The molecule has 3 rings (SSSR count). The van der Waals surface area contributed by atoms with Crippen LogP contribution in [0.5, 0.6) is 0 Å². The van der Waals surface area contributed by atoms with Crippen LogP contribution in [0.15, 0.2) is 54.6 Å². The van der Waals surface area contributed by atoms with Crippen LogP contribution >= 0.6 is 0 Å². The first-order valence-electron chi connectivity index (χ1n) is 8.50. The Kier molecular flexibility index (Phi) is 5.13. The van der Waals surface area contributed by atoms with Crippen molar-refractivity contribution in [3.8, 4) is 11.1 Å². The molecule has 0 bridgehead atoms. The van der Waals surface area contributed by atoms with Crippen molar-refractivity contribution in [3.63, 3.8) is 0 Å². The third kappa shape index (κ3) is 3.87. The van der Waals surface area contributed by atoms with Gasteiger partial charge in [-0.15, -0.1) is 0 Å². The van der Waals surface area contributed by atoms with Gasteiger partial charge in [-0.25, -0.2) is 8.78 Å². The summed E-state index contributed by atoms with van der Waals surface area (Å²) in [6.07, 6.45) is 0.122. The molecule has 2 aromatic rings. The maximum Gasteiger partial charge on any atom is 0.265 e. The third-order valence-corrected chi connectivity index (χ3v) is 4.63. The number of hydrogen-bond acceptors (Lipinski definition) is 2. The van der Waals surface area contributed by atoms with Crippen LogP contribution in [0.4, 0.5) is 8.78 Å². The van der Waals surface area contributed by atoms with Gasteiger partial charge in [-0.2, -0.15) is 0 Å². The fourth-order valence-corrected chi connectivity index (χ4v) is 3.37. The molecule has 1 saturated heterocycles. The molecular weight excluding hydrogens is 322 g/mol. The summed E-state index contributed by atoms with van der Waals surface area (Å²) in [6, 6.07) is 16.5. The molecule has 1 aliphatic rings. The SMILES string of the molecule is CNCC1CCC(F)(F)CN1C(=O)c1ccccc1-c1ccccc1. The number of nitrogens with one attached hydrogen (secondary N) is 1. The lowest BCUT2D eigenvalue weighted by atomic mass is 9.95. The van der Waals surface area contributed by atoms with Crippen molar-refractivity contribution in [3.05, 3.63) is 60.2 Å². The highest BCUT2D eigenvalue weighted by molar-refractivity contribution is 6.01. The van der Waals surface area contributed by atoms with Crippen LogP contribution in [0.25, 0.3) is 11.1 Å². The molecule has 1 aliphatic heterocycles. The van der Waals surface area contributed by atoms with Gasteiger partial charge in [-0.05, 0) is 30.7 Å². The Morgan fingerprint density at radius 1 is 1.16 bits per heavy atom. The van der Waals surface area contributed by atoms with Gasteiger partial charge in [0.25, 0.3) is 11.8 Å². The van der Waals surface area contributed by atoms with Crippen molar-refractivity contribution in [1.29, 1.82) is 0 Å². The molecule has 0 spiro atoms. The fraction of sp³-hybridized carbons (Fsp3) is 0.350. The van der Waals surface area contributed by atoms with Gasteiger partial charge in [0.15, 0.2) is 0 Å². The minimum absolute atomic E-state index is 0.177. The van der Waals surface area contributed by atoms with Crippen LogP contribution in [0.3, 0.4) is 0 Å². The number of carbonyl (C=O) groups excluding carboxylic acids is 1. The van der Waals surface area contributed by atoms with Crippen LogP contribution < -0.4 is 5.32 Å². The highest BCUT2D eigenvalue weighted by Crippen LogP contribution is 2.33. The summed E-state index contributed by atoms with van der Waals surface area (Å²) in [7, 11) is 1.77. The maximum atomic E-state index is 14.0. The summed E-state index contributed by atoms with van der Waals surface area (Å²) < 4.78 is 27.9. The summed E-state index contributed by atoms with van der Waals surface area (Å²) in [5.74, 6) is -3.17. The lowest BCUT2D eigenvalue weighted by Crippen LogP contribution is -2.54. The minimum Gasteiger partial charge on any atom is -0.328 e. The van der Waals surface area contributed by atoms with Crippen molar-refractivity contribution >= 4 is 5.91 Å². The second-order valence-corrected chi connectivity index (χ2v) is 6.45. The van der Waals surface area contributed by atoms with E-state index in [0.29, 0.717) is 18.5 Å². The molecule has 1 fully saturated rings. The van der Waals surface area contributed by atoms with Gasteiger partial charge in [-0.3, -0.25) is 4.79 Å². The number of amides is 1. The van der Waals surface area contributed by atoms with E-state index in [9.17, 15) is 13.6 Å². The normalized spacial score (nSPS) is 19.6. The number of piperidine rings is 1. The van der Waals surface area contributed by atoms with Gasteiger partial charge in [0, 0.05) is 24.6 Å². The highest BCUT2D eigenvalue weighted by atomic mass is 19.3. The third-order valence-electron chi connectivity index (χ3n) is 4.63. The largest absolute Gasteiger partial charge is 0.328 e. The molecule has 0 saturated carbocycles. The predicted octanol–water partition coefficient (Wildman–Crippen LogP) is 3.81. The van der Waals surface area contributed by atoms with E-state index in [4.69, 9.17) is 0 Å². The van der Waals surface area contributed by atoms with E-state index in [1.165, 1.54) is 4.90 Å². The summed E-state index contributed by atoms with van der Waals surface area (Å²) in [5, 5.41) is 3.01. The van der Waals surface area contributed by atoms with Gasteiger partial charge in [-0.1, -0.05) is 48.5 Å². The number of alkyl halides is 2. The van der Waals surface area contributed by atoms with Gasteiger partial charge in [0.1, 0.15) is 0 Å². The van der Waals surface area contributed by atoms with Gasteiger partial charge in [0.2, 0.25) is 0 Å². The molecule has 2 aromatic carbocycles. The number of hydrogen-bond donors (Lipinski definition) is 1. The zero-order valence-electron chi connectivity index (χ0n) is 14.2. The van der Waals surface area contributed by atoms with E-state index in [0.717, 1.165) is 11.1 Å². The Morgan fingerprint density at radius 2 is 1.84 bits per heavy atom. The Balaban J connectivity index is 1.96. The molecule has 1 atom stereocenters. The second-order valence-electron chi connectivity index (χ2n) is 6.45. The molecular formula is C20H22F2N2O. The monoisotopic (exact) mass is 344 g/mol. The summed E-state index contributed by atoms with van der Waals surface area (Å²) in [4.78, 5) is 14.5. The van der Waals surface area contributed by atoms with Crippen LogP contribution in [0.1, 0.15) is 23.2 Å². The van der Waals surface area contributed by atoms with E-state index < -0.39 is 12.5 Å². The standard InChI is InChI=1S/C20H22F2N2O/c1-23-13-16-11-12-20(21,22)14-24(16)19(25)18-10-6-5-9-17(18)15-7-3-2-4-8-15/h2-10,16,23H,11-14H2,1H3. The average molecular weight is 344 g/mol. The summed E-state index contributed by atoms with van der Waals surface area (Å²) in [5.41, 5.74) is 2.14. The highest BCUT2D eigenvalue weighted by Gasteiger charge is 2.42. The molecule has 1 N–H and O–H groups in total. The molecule has 132 valence electrons. The summed E-state index contributed by atoms with van der Waals surface area (Å²) >= 11 is 0. The zero-order valence-corrected chi connectivity index (χ0v) is 14.2. The lowest BCUT2D eigenvalue weighted by Gasteiger charge is -2.39. The van der Waals surface area contributed by atoms with Crippen molar-refractivity contribution in [2.45, 2.75) is 24.8 Å². The van der Waals surface area contributed by atoms with Gasteiger partial charge >= 0.3 is 0 Å².